The van der Waals surface area contributed by atoms with Gasteiger partial charge in [-0.15, -0.1) is 0 Å². The van der Waals surface area contributed by atoms with Gasteiger partial charge < -0.3 is 10.1 Å². The molecule has 1 saturated heterocycles. The van der Waals surface area contributed by atoms with Gasteiger partial charge in [0, 0.05) is 12.5 Å². The minimum Gasteiger partial charge on any atom is -0.496 e. The van der Waals surface area contributed by atoms with Crippen LogP contribution in [0.3, 0.4) is 0 Å². The smallest absolute Gasteiger partial charge is 0.125 e. The van der Waals surface area contributed by atoms with Gasteiger partial charge in [-0.05, 0) is 37.9 Å². The molecule has 1 aromatic rings. The summed E-state index contributed by atoms with van der Waals surface area (Å²) >= 11 is 0. The van der Waals surface area contributed by atoms with Crippen LogP contribution in [0.5, 0.6) is 5.75 Å². The lowest BCUT2D eigenvalue weighted by atomic mass is 9.93. The van der Waals surface area contributed by atoms with E-state index in [0.29, 0.717) is 5.92 Å². The molecule has 0 spiro atoms. The highest BCUT2D eigenvalue weighted by atomic mass is 16.5. The van der Waals surface area contributed by atoms with Crippen LogP contribution >= 0.6 is 0 Å². The van der Waals surface area contributed by atoms with Crippen molar-refractivity contribution in [1.29, 1.82) is 0 Å². The van der Waals surface area contributed by atoms with Crippen molar-refractivity contribution in [3.8, 4) is 5.75 Å². The molecule has 2 nitrogen and oxygen atoms in total. The average molecular weight is 205 g/mol. The summed E-state index contributed by atoms with van der Waals surface area (Å²) in [5.41, 5.74) is 3.95. The quantitative estimate of drug-likeness (QED) is 0.800. The average Bonchev–Trinajstić information content (AvgIpc) is 2.69. The van der Waals surface area contributed by atoms with E-state index >= 15 is 0 Å². The molecule has 1 N–H and O–H groups in total. The number of ether oxygens (including phenoxy) is 1. The van der Waals surface area contributed by atoms with Crippen molar-refractivity contribution < 1.29 is 4.74 Å². The highest BCUT2D eigenvalue weighted by Crippen LogP contribution is 2.34. The first-order valence-corrected chi connectivity index (χ1v) is 5.58. The first-order chi connectivity index (χ1) is 7.22. The van der Waals surface area contributed by atoms with Crippen molar-refractivity contribution in [1.82, 2.24) is 5.32 Å². The van der Waals surface area contributed by atoms with E-state index in [1.807, 2.05) is 0 Å². The van der Waals surface area contributed by atoms with Gasteiger partial charge in [0.2, 0.25) is 0 Å². The topological polar surface area (TPSA) is 21.3 Å². The van der Waals surface area contributed by atoms with Gasteiger partial charge in [-0.25, -0.2) is 0 Å². The molecule has 0 saturated carbocycles. The third kappa shape index (κ3) is 2.00. The molecule has 1 fully saturated rings. The van der Waals surface area contributed by atoms with Crippen molar-refractivity contribution in [3.63, 3.8) is 0 Å². The Morgan fingerprint density at radius 2 is 2.13 bits per heavy atom. The van der Waals surface area contributed by atoms with Crippen LogP contribution in [0.15, 0.2) is 12.1 Å². The maximum atomic E-state index is 5.52. The molecule has 1 aromatic carbocycles. The SMILES string of the molecule is COc1c(C)cc(C)cc1C1CCNC1. The highest BCUT2D eigenvalue weighted by Gasteiger charge is 2.21. The Balaban J connectivity index is 2.42. The van der Waals surface area contributed by atoms with Gasteiger partial charge >= 0.3 is 0 Å². The van der Waals surface area contributed by atoms with Crippen LogP contribution in [0.4, 0.5) is 0 Å². The van der Waals surface area contributed by atoms with E-state index < -0.39 is 0 Å². The Labute approximate surface area is 91.6 Å². The monoisotopic (exact) mass is 205 g/mol. The lowest BCUT2D eigenvalue weighted by Gasteiger charge is -2.17. The van der Waals surface area contributed by atoms with Gasteiger partial charge in [0.05, 0.1) is 7.11 Å². The fraction of sp³-hybridized carbons (Fsp3) is 0.538. The Bertz CT molecular complexity index is 354. The summed E-state index contributed by atoms with van der Waals surface area (Å²) in [5, 5.41) is 3.41. The van der Waals surface area contributed by atoms with Gasteiger partial charge in [-0.1, -0.05) is 17.7 Å². The zero-order chi connectivity index (χ0) is 10.8. The Hall–Kier alpha value is -1.02. The van der Waals surface area contributed by atoms with Crippen molar-refractivity contribution in [2.45, 2.75) is 26.2 Å². The number of nitrogens with one attached hydrogen (secondary N) is 1. The predicted octanol–water partition coefficient (Wildman–Crippen LogP) is 2.39. The van der Waals surface area contributed by atoms with Gasteiger partial charge in [-0.3, -0.25) is 0 Å². The van der Waals surface area contributed by atoms with E-state index in [4.69, 9.17) is 4.74 Å². The minimum atomic E-state index is 0.624. The van der Waals surface area contributed by atoms with E-state index in [0.717, 1.165) is 18.8 Å². The zero-order valence-electron chi connectivity index (χ0n) is 9.76. The highest BCUT2D eigenvalue weighted by molar-refractivity contribution is 5.46. The van der Waals surface area contributed by atoms with Crippen LogP contribution in [-0.4, -0.2) is 20.2 Å². The molecule has 0 aromatic heterocycles. The third-order valence-corrected chi connectivity index (χ3v) is 3.15. The van der Waals surface area contributed by atoms with E-state index in [1.165, 1.54) is 23.1 Å². The Morgan fingerprint density at radius 1 is 1.33 bits per heavy atom. The van der Waals surface area contributed by atoms with Crippen LogP contribution in [0.1, 0.15) is 29.0 Å². The molecule has 1 heterocycles. The first-order valence-electron chi connectivity index (χ1n) is 5.58. The summed E-state index contributed by atoms with van der Waals surface area (Å²) in [4.78, 5) is 0. The largest absolute Gasteiger partial charge is 0.496 e. The molecule has 1 aliphatic heterocycles. The number of rotatable bonds is 2. The number of methoxy groups -OCH3 is 1. The standard InChI is InChI=1S/C13H19NO/c1-9-6-10(2)13(15-3)12(7-9)11-4-5-14-8-11/h6-7,11,14H,4-5,8H2,1-3H3. The lowest BCUT2D eigenvalue weighted by Crippen LogP contribution is -2.09. The molecule has 0 bridgehead atoms. The second-order valence-electron chi connectivity index (χ2n) is 4.39. The van der Waals surface area contributed by atoms with Crippen molar-refractivity contribution >= 4 is 0 Å². The molecular weight excluding hydrogens is 186 g/mol. The molecule has 1 atom stereocenters. The Morgan fingerprint density at radius 3 is 2.73 bits per heavy atom. The van der Waals surface area contributed by atoms with E-state index in [9.17, 15) is 0 Å². The number of benzene rings is 1. The van der Waals surface area contributed by atoms with Crippen LogP contribution in [0.25, 0.3) is 0 Å². The minimum absolute atomic E-state index is 0.624. The molecule has 0 amide bonds. The van der Waals surface area contributed by atoms with Crippen molar-refractivity contribution in [2.24, 2.45) is 0 Å². The molecule has 0 aliphatic carbocycles. The van der Waals surface area contributed by atoms with E-state index in [1.54, 1.807) is 7.11 Å². The number of hydrogen-bond acceptors (Lipinski definition) is 2. The summed E-state index contributed by atoms with van der Waals surface area (Å²) in [6.45, 7) is 6.48. The van der Waals surface area contributed by atoms with Gasteiger partial charge in [0.25, 0.3) is 0 Å². The molecule has 2 rings (SSSR count). The summed E-state index contributed by atoms with van der Waals surface area (Å²) < 4.78 is 5.52. The molecule has 15 heavy (non-hydrogen) atoms. The molecule has 0 radical (unpaired) electrons. The van der Waals surface area contributed by atoms with Gasteiger partial charge in [-0.2, -0.15) is 0 Å². The first kappa shape index (κ1) is 10.5. The molecule has 2 heteroatoms. The summed E-state index contributed by atoms with van der Waals surface area (Å²) in [6.07, 6.45) is 1.22. The van der Waals surface area contributed by atoms with Crippen LogP contribution in [0, 0.1) is 13.8 Å². The molecular formula is C13H19NO. The fourth-order valence-electron chi connectivity index (χ4n) is 2.49. The van der Waals surface area contributed by atoms with E-state index in [2.05, 4.69) is 31.3 Å². The number of aryl methyl sites for hydroxylation is 2. The number of hydrogen-bond donors (Lipinski definition) is 1. The summed E-state index contributed by atoms with van der Waals surface area (Å²) in [6, 6.07) is 4.45. The predicted molar refractivity (Wildman–Crippen MR) is 62.7 cm³/mol. The van der Waals surface area contributed by atoms with Gasteiger partial charge in [0.15, 0.2) is 0 Å². The lowest BCUT2D eigenvalue weighted by molar-refractivity contribution is 0.403. The normalized spacial score (nSPS) is 20.6. The maximum Gasteiger partial charge on any atom is 0.125 e. The van der Waals surface area contributed by atoms with Crippen LogP contribution in [0.2, 0.25) is 0 Å². The third-order valence-electron chi connectivity index (χ3n) is 3.15. The van der Waals surface area contributed by atoms with Crippen LogP contribution < -0.4 is 10.1 Å². The Kier molecular flexibility index (Phi) is 2.96. The van der Waals surface area contributed by atoms with Crippen molar-refractivity contribution in [2.75, 3.05) is 20.2 Å². The molecule has 1 aliphatic rings. The van der Waals surface area contributed by atoms with Crippen LogP contribution in [-0.2, 0) is 0 Å². The molecule has 82 valence electrons. The van der Waals surface area contributed by atoms with Crippen molar-refractivity contribution in [3.05, 3.63) is 28.8 Å². The fourth-order valence-corrected chi connectivity index (χ4v) is 2.49. The zero-order valence-corrected chi connectivity index (χ0v) is 9.76. The van der Waals surface area contributed by atoms with E-state index in [-0.39, 0.29) is 0 Å². The summed E-state index contributed by atoms with van der Waals surface area (Å²) in [5.74, 6) is 1.70. The second-order valence-corrected chi connectivity index (χ2v) is 4.39. The maximum absolute atomic E-state index is 5.52. The second kappa shape index (κ2) is 4.23. The van der Waals surface area contributed by atoms with Gasteiger partial charge in [0.1, 0.15) is 5.75 Å². The molecule has 1 unspecified atom stereocenters. The summed E-state index contributed by atoms with van der Waals surface area (Å²) in [7, 11) is 1.77.